The van der Waals surface area contributed by atoms with E-state index in [2.05, 4.69) is 13.8 Å². The number of aliphatic carboxylic acids is 2. The molecule has 0 atom stereocenters. The third kappa shape index (κ3) is 3.03. The van der Waals surface area contributed by atoms with E-state index in [4.69, 9.17) is 5.11 Å². The van der Waals surface area contributed by atoms with Gasteiger partial charge in [0.05, 0.1) is 0 Å². The first-order valence-corrected chi connectivity index (χ1v) is 12.3. The molecule has 0 radical (unpaired) electrons. The van der Waals surface area contributed by atoms with Gasteiger partial charge in [-0.2, -0.15) is 0 Å². The van der Waals surface area contributed by atoms with Crippen molar-refractivity contribution in [2.75, 3.05) is 0 Å². The molecule has 0 saturated carbocycles. The summed E-state index contributed by atoms with van der Waals surface area (Å²) in [6.45, 7) is 4.43. The van der Waals surface area contributed by atoms with Crippen LogP contribution < -0.4 is 0 Å². The molecule has 2 N–H and O–H groups in total. The Kier molecular flexibility index (Phi) is 4.64. The molecule has 0 bridgehead atoms. The monoisotopic (exact) mass is 304 g/mol. The van der Waals surface area contributed by atoms with Crippen molar-refractivity contribution in [3.05, 3.63) is 0 Å². The SMILES string of the molecule is C[CH2][Ge]1([CH2]C)[CH2]CC(CC(=O)O)(C(=O)O)C[CH2]1. The predicted molar refractivity (Wildman–Crippen MR) is 67.9 cm³/mol. The number of carbonyl (C=O) groups is 2. The topological polar surface area (TPSA) is 74.6 Å². The van der Waals surface area contributed by atoms with Crippen LogP contribution in [0.5, 0.6) is 0 Å². The molecule has 0 aliphatic carbocycles. The van der Waals surface area contributed by atoms with Gasteiger partial charge in [0.1, 0.15) is 0 Å². The van der Waals surface area contributed by atoms with Crippen molar-refractivity contribution in [1.29, 1.82) is 0 Å². The summed E-state index contributed by atoms with van der Waals surface area (Å²) < 4.78 is 0. The molecule has 0 spiro atoms. The molecule has 1 heterocycles. The van der Waals surface area contributed by atoms with Gasteiger partial charge in [-0.1, -0.05) is 0 Å². The van der Waals surface area contributed by atoms with Gasteiger partial charge in [0.15, 0.2) is 0 Å². The van der Waals surface area contributed by atoms with Gasteiger partial charge < -0.3 is 0 Å². The molecule has 0 aromatic heterocycles. The summed E-state index contributed by atoms with van der Waals surface area (Å²) in [7, 11) is 0. The second-order valence-electron chi connectivity index (χ2n) is 5.36. The molecule has 0 aromatic rings. The molecule has 0 unspecified atom stereocenters. The van der Waals surface area contributed by atoms with Crippen LogP contribution in [0.3, 0.4) is 0 Å². The van der Waals surface area contributed by atoms with Crippen molar-refractivity contribution in [1.82, 2.24) is 0 Å². The van der Waals surface area contributed by atoms with Crippen LogP contribution in [0.2, 0.25) is 21.0 Å². The molecule has 5 heteroatoms. The fraction of sp³-hybridized carbons (Fsp3) is 0.833. The third-order valence-corrected chi connectivity index (χ3v) is 16.5. The number of hydrogen-bond donors (Lipinski definition) is 2. The summed E-state index contributed by atoms with van der Waals surface area (Å²) >= 11 is -1.80. The Labute approximate surface area is 105 Å². The van der Waals surface area contributed by atoms with Crippen LogP contribution in [0.25, 0.3) is 0 Å². The number of rotatable bonds is 5. The first kappa shape index (κ1) is 14.5. The predicted octanol–water partition coefficient (Wildman–Crippen LogP) is 2.81. The molecule has 1 fully saturated rings. The van der Waals surface area contributed by atoms with Crippen LogP contribution in [-0.4, -0.2) is 35.4 Å². The Morgan fingerprint density at radius 3 is 1.88 bits per heavy atom. The number of hydrogen-bond acceptors (Lipinski definition) is 2. The summed E-state index contributed by atoms with van der Waals surface area (Å²) in [5.74, 6) is -1.90. The second kappa shape index (κ2) is 5.42. The van der Waals surface area contributed by atoms with Crippen LogP contribution in [0.1, 0.15) is 33.1 Å². The molecular formula is C12H22GeO4. The van der Waals surface area contributed by atoms with E-state index in [0.717, 1.165) is 10.5 Å². The summed E-state index contributed by atoms with van der Waals surface area (Å²) in [6.07, 6.45) is 0.945. The number of carboxylic acid groups (broad SMARTS) is 2. The average molecular weight is 303 g/mol. The van der Waals surface area contributed by atoms with Gasteiger partial charge in [-0.25, -0.2) is 0 Å². The molecule has 0 aromatic carbocycles. The fourth-order valence-electron chi connectivity index (χ4n) is 2.97. The minimum atomic E-state index is -1.80. The maximum absolute atomic E-state index is 11.4. The average Bonchev–Trinajstić information content (AvgIpc) is 2.29. The van der Waals surface area contributed by atoms with Gasteiger partial charge in [0, 0.05) is 0 Å². The fourth-order valence-corrected chi connectivity index (χ4v) is 11.7. The quantitative estimate of drug-likeness (QED) is 0.766. The standard InChI is InChI=1S/C12H22GeO4/c1-3-13(4-2)7-5-12(6-8-13,11(16)17)9-10(14)15/h3-9H2,1-2H3,(H,14,15)(H,16,17). The maximum atomic E-state index is 11.4. The summed E-state index contributed by atoms with van der Waals surface area (Å²) in [4.78, 5) is 22.2. The molecule has 1 saturated heterocycles. The molecule has 98 valence electrons. The summed E-state index contributed by atoms with van der Waals surface area (Å²) in [5, 5.41) is 22.7. The van der Waals surface area contributed by atoms with Crippen molar-refractivity contribution >= 4 is 25.2 Å². The Bertz CT molecular complexity index is 300. The van der Waals surface area contributed by atoms with E-state index in [1.807, 2.05) is 0 Å². The Morgan fingerprint density at radius 2 is 1.59 bits per heavy atom. The van der Waals surface area contributed by atoms with Crippen LogP contribution in [0.15, 0.2) is 0 Å². The van der Waals surface area contributed by atoms with E-state index >= 15 is 0 Å². The minimum absolute atomic E-state index is 0.214. The van der Waals surface area contributed by atoms with Gasteiger partial charge in [0.25, 0.3) is 0 Å². The van der Waals surface area contributed by atoms with E-state index in [9.17, 15) is 14.7 Å². The first-order chi connectivity index (χ1) is 7.90. The summed E-state index contributed by atoms with van der Waals surface area (Å²) in [6, 6.07) is 0. The van der Waals surface area contributed by atoms with E-state index < -0.39 is 30.6 Å². The molecular weight excluding hydrogens is 281 g/mol. The Morgan fingerprint density at radius 1 is 1.12 bits per heavy atom. The zero-order valence-electron chi connectivity index (χ0n) is 10.7. The molecule has 4 nitrogen and oxygen atoms in total. The molecule has 1 rings (SSSR count). The normalized spacial score (nSPS) is 22.0. The van der Waals surface area contributed by atoms with Gasteiger partial charge in [-0.3, -0.25) is 0 Å². The van der Waals surface area contributed by atoms with E-state index in [0.29, 0.717) is 12.8 Å². The molecule has 1 aliphatic heterocycles. The van der Waals surface area contributed by atoms with Gasteiger partial charge >= 0.3 is 105 Å². The third-order valence-electron chi connectivity index (χ3n) is 4.71. The Hall–Kier alpha value is -0.517. The van der Waals surface area contributed by atoms with Crippen molar-refractivity contribution < 1.29 is 19.8 Å². The van der Waals surface area contributed by atoms with E-state index in [-0.39, 0.29) is 6.42 Å². The molecule has 0 amide bonds. The molecule has 1 aliphatic rings. The summed E-state index contributed by atoms with van der Waals surface area (Å²) in [5.41, 5.74) is -0.981. The van der Waals surface area contributed by atoms with Crippen LogP contribution in [-0.2, 0) is 9.59 Å². The first-order valence-electron chi connectivity index (χ1n) is 6.35. The second-order valence-corrected chi connectivity index (χ2v) is 16.7. The van der Waals surface area contributed by atoms with Crippen LogP contribution >= 0.6 is 0 Å². The van der Waals surface area contributed by atoms with E-state index in [1.54, 1.807) is 0 Å². The van der Waals surface area contributed by atoms with Crippen molar-refractivity contribution in [3.8, 4) is 0 Å². The van der Waals surface area contributed by atoms with E-state index in [1.165, 1.54) is 10.5 Å². The van der Waals surface area contributed by atoms with Crippen molar-refractivity contribution in [2.24, 2.45) is 5.41 Å². The van der Waals surface area contributed by atoms with Gasteiger partial charge in [-0.15, -0.1) is 0 Å². The Balaban J connectivity index is 2.80. The van der Waals surface area contributed by atoms with Gasteiger partial charge in [0.2, 0.25) is 0 Å². The van der Waals surface area contributed by atoms with Crippen molar-refractivity contribution in [2.45, 2.75) is 54.1 Å². The number of carboxylic acids is 2. The van der Waals surface area contributed by atoms with Crippen molar-refractivity contribution in [3.63, 3.8) is 0 Å². The zero-order valence-corrected chi connectivity index (χ0v) is 12.8. The van der Waals surface area contributed by atoms with Crippen LogP contribution in [0.4, 0.5) is 0 Å². The van der Waals surface area contributed by atoms with Gasteiger partial charge in [-0.05, 0) is 0 Å². The van der Waals surface area contributed by atoms with Crippen LogP contribution in [0, 0.1) is 5.41 Å². The molecule has 17 heavy (non-hydrogen) atoms. The zero-order chi connectivity index (χ0) is 13.1.